The Morgan fingerprint density at radius 3 is 2.91 bits per heavy atom. The molecule has 0 saturated carbocycles. The zero-order valence-electron chi connectivity index (χ0n) is 13.0. The van der Waals surface area contributed by atoms with Gasteiger partial charge in [0.05, 0.1) is 6.04 Å². The van der Waals surface area contributed by atoms with Gasteiger partial charge in [0.15, 0.2) is 0 Å². The van der Waals surface area contributed by atoms with Crippen molar-refractivity contribution in [1.82, 2.24) is 15.5 Å². The monoisotopic (exact) mass is 303 g/mol. The van der Waals surface area contributed by atoms with E-state index in [1.165, 1.54) is 19.3 Å². The Bertz CT molecular complexity index is 527. The summed E-state index contributed by atoms with van der Waals surface area (Å²) in [6.07, 6.45) is 4.58. The summed E-state index contributed by atoms with van der Waals surface area (Å²) in [6.45, 7) is 4.62. The second kappa shape index (κ2) is 7.11. The van der Waals surface area contributed by atoms with Gasteiger partial charge in [0.1, 0.15) is 5.75 Å². The van der Waals surface area contributed by atoms with Crippen molar-refractivity contribution in [3.8, 4) is 5.75 Å². The van der Waals surface area contributed by atoms with Crippen LogP contribution in [0.25, 0.3) is 0 Å². The van der Waals surface area contributed by atoms with Crippen LogP contribution in [-0.4, -0.2) is 48.1 Å². The number of nitrogens with one attached hydrogen (secondary N) is 2. The van der Waals surface area contributed by atoms with Gasteiger partial charge in [0, 0.05) is 19.6 Å². The molecule has 22 heavy (non-hydrogen) atoms. The number of aromatic hydroxyl groups is 1. The van der Waals surface area contributed by atoms with Crippen molar-refractivity contribution in [2.24, 2.45) is 0 Å². The fourth-order valence-electron chi connectivity index (χ4n) is 3.33. The van der Waals surface area contributed by atoms with Crippen LogP contribution in [0.3, 0.4) is 0 Å². The zero-order valence-corrected chi connectivity index (χ0v) is 13.0. The molecule has 3 N–H and O–H groups in total. The van der Waals surface area contributed by atoms with Gasteiger partial charge in [-0.15, -0.1) is 0 Å². The summed E-state index contributed by atoms with van der Waals surface area (Å²) in [5, 5.41) is 15.8. The van der Waals surface area contributed by atoms with Gasteiger partial charge >= 0.3 is 0 Å². The second-order valence-electron chi connectivity index (χ2n) is 6.28. The number of rotatable bonds is 4. The Hall–Kier alpha value is -1.59. The molecular formula is C17H25N3O2. The Morgan fingerprint density at radius 1 is 1.27 bits per heavy atom. The van der Waals surface area contributed by atoms with Crippen molar-refractivity contribution in [1.29, 1.82) is 0 Å². The van der Waals surface area contributed by atoms with Crippen molar-refractivity contribution in [2.45, 2.75) is 38.3 Å². The molecule has 2 heterocycles. The summed E-state index contributed by atoms with van der Waals surface area (Å²) < 4.78 is 0. The highest BCUT2D eigenvalue weighted by molar-refractivity contribution is 5.82. The molecule has 1 saturated heterocycles. The Balaban J connectivity index is 1.46. The first-order valence-corrected chi connectivity index (χ1v) is 8.26. The zero-order chi connectivity index (χ0) is 15.4. The summed E-state index contributed by atoms with van der Waals surface area (Å²) >= 11 is 0. The van der Waals surface area contributed by atoms with Crippen LogP contribution in [0.15, 0.2) is 18.2 Å². The minimum atomic E-state index is -0.168. The molecule has 1 atom stereocenters. The minimum Gasteiger partial charge on any atom is -0.508 e. The van der Waals surface area contributed by atoms with E-state index >= 15 is 0 Å². The van der Waals surface area contributed by atoms with Crippen LogP contribution >= 0.6 is 0 Å². The molecule has 0 aromatic heterocycles. The molecule has 120 valence electrons. The number of fused-ring (bicyclic) bond motifs is 1. The number of piperidine rings is 1. The maximum atomic E-state index is 12.3. The third kappa shape index (κ3) is 3.78. The Morgan fingerprint density at radius 2 is 2.09 bits per heavy atom. The van der Waals surface area contributed by atoms with Crippen LogP contribution in [0.2, 0.25) is 0 Å². The second-order valence-corrected chi connectivity index (χ2v) is 6.28. The summed E-state index contributed by atoms with van der Waals surface area (Å²) in [5.74, 6) is 0.362. The molecule has 0 spiro atoms. The molecule has 2 aliphatic rings. The quantitative estimate of drug-likeness (QED) is 0.777. The molecule has 1 aromatic rings. The normalized spacial score (nSPS) is 22.1. The largest absolute Gasteiger partial charge is 0.508 e. The summed E-state index contributed by atoms with van der Waals surface area (Å²) in [7, 11) is 0. The molecule has 5 heteroatoms. The molecule has 3 rings (SSSR count). The van der Waals surface area contributed by atoms with E-state index in [0.29, 0.717) is 13.0 Å². The van der Waals surface area contributed by atoms with Crippen molar-refractivity contribution >= 4 is 5.91 Å². The number of phenols is 1. The van der Waals surface area contributed by atoms with Crippen LogP contribution in [0.4, 0.5) is 0 Å². The average Bonchev–Trinajstić information content (AvgIpc) is 2.55. The van der Waals surface area contributed by atoms with Gasteiger partial charge in [-0.05, 0) is 55.6 Å². The number of hydrogen-bond donors (Lipinski definition) is 3. The smallest absolute Gasteiger partial charge is 0.237 e. The van der Waals surface area contributed by atoms with E-state index in [0.717, 1.165) is 37.3 Å². The molecule has 0 unspecified atom stereocenters. The maximum Gasteiger partial charge on any atom is 0.237 e. The van der Waals surface area contributed by atoms with Crippen LogP contribution in [0, 0.1) is 0 Å². The molecule has 0 bridgehead atoms. The number of nitrogens with zero attached hydrogens (tertiary/aromatic N) is 1. The molecule has 1 aromatic carbocycles. The molecular weight excluding hydrogens is 278 g/mol. The first-order chi connectivity index (χ1) is 10.7. The number of phenolic OH excluding ortho intramolecular Hbond substituents is 1. The standard InChI is InChI=1S/C17H25N3O2/c21-15-5-4-13-11-16(19-12-14(13)10-15)17(22)18-6-9-20-7-2-1-3-8-20/h4-5,10,16,19,21H,1-3,6-9,11-12H2,(H,18,22)/t16-/m1/s1. The summed E-state index contributed by atoms with van der Waals surface area (Å²) in [4.78, 5) is 14.7. The lowest BCUT2D eigenvalue weighted by Crippen LogP contribution is -2.49. The van der Waals surface area contributed by atoms with Crippen LogP contribution in [-0.2, 0) is 17.8 Å². The number of benzene rings is 1. The van der Waals surface area contributed by atoms with E-state index in [1.807, 2.05) is 6.07 Å². The van der Waals surface area contributed by atoms with E-state index in [2.05, 4.69) is 15.5 Å². The number of carbonyl (C=O) groups is 1. The minimum absolute atomic E-state index is 0.0794. The van der Waals surface area contributed by atoms with Crippen LogP contribution in [0.5, 0.6) is 5.75 Å². The van der Waals surface area contributed by atoms with Gasteiger partial charge in [0.25, 0.3) is 0 Å². The molecule has 2 aliphatic heterocycles. The molecule has 5 nitrogen and oxygen atoms in total. The fraction of sp³-hybridized carbons (Fsp3) is 0.588. The lowest BCUT2D eigenvalue weighted by atomic mass is 9.95. The van der Waals surface area contributed by atoms with Gasteiger partial charge < -0.3 is 20.6 Å². The number of likely N-dealkylation sites (tertiary alicyclic amines) is 1. The van der Waals surface area contributed by atoms with E-state index in [-0.39, 0.29) is 17.7 Å². The highest BCUT2D eigenvalue weighted by atomic mass is 16.3. The van der Waals surface area contributed by atoms with E-state index in [4.69, 9.17) is 0 Å². The average molecular weight is 303 g/mol. The summed E-state index contributed by atoms with van der Waals surface area (Å²) in [5.41, 5.74) is 2.23. The SMILES string of the molecule is O=C(NCCN1CCCCC1)[C@H]1Cc2ccc(O)cc2CN1. The topological polar surface area (TPSA) is 64.6 Å². The van der Waals surface area contributed by atoms with Gasteiger partial charge in [-0.2, -0.15) is 0 Å². The predicted octanol–water partition coefficient (Wildman–Crippen LogP) is 1.01. The molecule has 0 radical (unpaired) electrons. The van der Waals surface area contributed by atoms with Crippen molar-refractivity contribution in [3.05, 3.63) is 29.3 Å². The predicted molar refractivity (Wildman–Crippen MR) is 85.7 cm³/mol. The fourth-order valence-corrected chi connectivity index (χ4v) is 3.33. The van der Waals surface area contributed by atoms with Gasteiger partial charge in [-0.25, -0.2) is 0 Å². The number of carbonyl (C=O) groups excluding carboxylic acids is 1. The third-order valence-electron chi connectivity index (χ3n) is 4.65. The Labute approximate surface area is 131 Å². The van der Waals surface area contributed by atoms with Crippen LogP contribution in [0.1, 0.15) is 30.4 Å². The summed E-state index contributed by atoms with van der Waals surface area (Å²) in [6, 6.07) is 5.21. The van der Waals surface area contributed by atoms with E-state index in [9.17, 15) is 9.90 Å². The highest BCUT2D eigenvalue weighted by Gasteiger charge is 2.24. The van der Waals surface area contributed by atoms with Crippen molar-refractivity contribution < 1.29 is 9.90 Å². The lowest BCUT2D eigenvalue weighted by Gasteiger charge is -2.28. The lowest BCUT2D eigenvalue weighted by molar-refractivity contribution is -0.123. The van der Waals surface area contributed by atoms with E-state index < -0.39 is 0 Å². The third-order valence-corrected chi connectivity index (χ3v) is 4.65. The van der Waals surface area contributed by atoms with Gasteiger partial charge in [0.2, 0.25) is 5.91 Å². The molecule has 0 aliphatic carbocycles. The molecule has 1 fully saturated rings. The van der Waals surface area contributed by atoms with Gasteiger partial charge in [-0.3, -0.25) is 4.79 Å². The number of hydrogen-bond acceptors (Lipinski definition) is 4. The van der Waals surface area contributed by atoms with E-state index in [1.54, 1.807) is 12.1 Å². The highest BCUT2D eigenvalue weighted by Crippen LogP contribution is 2.21. The molecule has 1 amide bonds. The van der Waals surface area contributed by atoms with Gasteiger partial charge in [-0.1, -0.05) is 12.5 Å². The Kier molecular flexibility index (Phi) is 4.95. The van der Waals surface area contributed by atoms with Crippen molar-refractivity contribution in [2.75, 3.05) is 26.2 Å². The maximum absolute atomic E-state index is 12.3. The van der Waals surface area contributed by atoms with Crippen LogP contribution < -0.4 is 10.6 Å². The number of amides is 1. The first-order valence-electron chi connectivity index (χ1n) is 8.26. The van der Waals surface area contributed by atoms with Crippen molar-refractivity contribution in [3.63, 3.8) is 0 Å². The first kappa shape index (κ1) is 15.3.